The van der Waals surface area contributed by atoms with Gasteiger partial charge in [0.05, 0.1) is 7.11 Å². The zero-order valence-corrected chi connectivity index (χ0v) is 21.6. The molecule has 0 radical (unpaired) electrons. The number of benzene rings is 2. The minimum Gasteiger partial charge on any atom is -0.493 e. The number of likely N-dealkylation sites (tertiary alicyclic amines) is 1. The number of carbonyl (C=O) groups excluding carboxylic acids is 1. The normalized spacial score (nSPS) is 16.5. The molecule has 2 atom stereocenters. The second kappa shape index (κ2) is 12.5. The molecular weight excluding hydrogens is 525 g/mol. The lowest BCUT2D eigenvalue weighted by Crippen LogP contribution is -2.37. The number of esters is 1. The van der Waals surface area contributed by atoms with E-state index in [2.05, 4.69) is 14.6 Å². The Morgan fingerprint density at radius 3 is 2.51 bits per heavy atom. The van der Waals surface area contributed by atoms with Gasteiger partial charge in [0, 0.05) is 18.5 Å². The first-order valence-electron chi connectivity index (χ1n) is 11.8. The number of rotatable bonds is 10. The molecule has 1 aliphatic heterocycles. The Morgan fingerprint density at radius 2 is 1.84 bits per heavy atom. The van der Waals surface area contributed by atoms with Crippen molar-refractivity contribution in [1.29, 1.82) is 0 Å². The molecule has 196 valence electrons. The Kier molecular flexibility index (Phi) is 9.18. The first kappa shape index (κ1) is 27.1. The lowest BCUT2D eigenvalue weighted by Gasteiger charge is -2.26. The van der Waals surface area contributed by atoms with Crippen LogP contribution in [0.2, 0.25) is 10.0 Å². The van der Waals surface area contributed by atoms with Crippen molar-refractivity contribution in [3.63, 3.8) is 0 Å². The standard InChI is InChI=1S/C27H26Cl2F2N2O4/c1-35-25-12-18(9-10-23(25)37-27(30)31)24(13-19-20(28)14-32-15-21(19)29)36-26(34)22-8-5-11-33(22)16-17-6-3-2-4-7-17/h2-4,6-7,9-10,12,14-15,22,24,27H,5,8,11,13,16H2,1H3/p+1/t22-,24-/m0/s1. The third kappa shape index (κ3) is 6.89. The fourth-order valence-corrected chi connectivity index (χ4v) is 5.01. The zero-order valence-electron chi connectivity index (χ0n) is 20.1. The Bertz CT molecular complexity index is 1200. The van der Waals surface area contributed by atoms with Gasteiger partial charge in [0.2, 0.25) is 0 Å². The summed E-state index contributed by atoms with van der Waals surface area (Å²) in [5, 5.41) is 0.759. The number of ether oxygens (including phenoxy) is 3. The Balaban J connectivity index is 1.61. The Hall–Kier alpha value is -2.94. The predicted octanol–water partition coefficient (Wildman–Crippen LogP) is 5.91. The molecule has 1 saturated heterocycles. The number of nitrogens with one attached hydrogen (secondary N) is 1. The maximum atomic E-state index is 13.5. The van der Waals surface area contributed by atoms with Crippen LogP contribution in [-0.4, -0.2) is 37.2 Å². The van der Waals surface area contributed by atoms with Crippen LogP contribution in [0.1, 0.15) is 35.6 Å². The van der Waals surface area contributed by atoms with Crippen LogP contribution < -0.4 is 14.5 Å². The molecule has 2 aromatic carbocycles. The maximum absolute atomic E-state index is 13.5. The number of hydrogen-bond donors (Lipinski definition) is 0. The fraction of sp³-hybridized carbons (Fsp3) is 0.333. The van der Waals surface area contributed by atoms with Crippen molar-refractivity contribution in [2.45, 2.75) is 44.6 Å². The molecule has 1 aromatic heterocycles. The van der Waals surface area contributed by atoms with E-state index in [4.69, 9.17) is 32.7 Å². The molecule has 1 N–H and O–H groups in total. The van der Waals surface area contributed by atoms with Crippen LogP contribution in [0, 0.1) is 0 Å². The molecule has 0 bridgehead atoms. The summed E-state index contributed by atoms with van der Waals surface area (Å²) in [6.07, 6.45) is 4.07. The van der Waals surface area contributed by atoms with E-state index in [1.165, 1.54) is 19.2 Å². The molecule has 6 nitrogen and oxygen atoms in total. The highest BCUT2D eigenvalue weighted by atomic mass is 35.5. The lowest BCUT2D eigenvalue weighted by atomic mass is 10.0. The summed E-state index contributed by atoms with van der Waals surface area (Å²) in [6, 6.07) is 14.0. The number of aromatic nitrogens is 1. The number of methoxy groups -OCH3 is 1. The van der Waals surface area contributed by atoms with Crippen LogP contribution in [0.5, 0.6) is 11.5 Å². The molecule has 3 aromatic rings. The van der Waals surface area contributed by atoms with Crippen molar-refractivity contribution in [2.24, 2.45) is 0 Å². The van der Waals surface area contributed by atoms with Gasteiger partial charge in [-0.15, -0.1) is 0 Å². The van der Waals surface area contributed by atoms with Crippen molar-refractivity contribution >= 4 is 29.2 Å². The minimum absolute atomic E-state index is 0.0870. The number of hydrogen-bond acceptors (Lipinski definition) is 5. The van der Waals surface area contributed by atoms with E-state index >= 15 is 0 Å². The van der Waals surface area contributed by atoms with Crippen LogP contribution in [0.15, 0.2) is 60.9 Å². The molecule has 4 rings (SSSR count). The highest BCUT2D eigenvalue weighted by molar-refractivity contribution is 6.35. The van der Waals surface area contributed by atoms with Gasteiger partial charge in [-0.3, -0.25) is 9.69 Å². The summed E-state index contributed by atoms with van der Waals surface area (Å²) in [7, 11) is 1.35. The molecule has 0 aliphatic carbocycles. The van der Waals surface area contributed by atoms with Gasteiger partial charge in [0.1, 0.15) is 22.2 Å². The molecule has 0 saturated carbocycles. The van der Waals surface area contributed by atoms with Crippen molar-refractivity contribution in [3.8, 4) is 11.5 Å². The van der Waals surface area contributed by atoms with Crippen molar-refractivity contribution < 1.29 is 32.8 Å². The summed E-state index contributed by atoms with van der Waals surface area (Å²) in [6.45, 7) is -1.60. The number of alkyl halides is 2. The molecule has 0 spiro atoms. The van der Waals surface area contributed by atoms with Crippen LogP contribution in [0.4, 0.5) is 8.78 Å². The quantitative estimate of drug-likeness (QED) is 0.293. The number of pyridine rings is 1. The van der Waals surface area contributed by atoms with Gasteiger partial charge in [-0.1, -0.05) is 59.6 Å². The van der Waals surface area contributed by atoms with Crippen LogP contribution in [-0.2, 0) is 22.5 Å². The van der Waals surface area contributed by atoms with E-state index in [-0.39, 0.29) is 23.9 Å². The largest absolute Gasteiger partial charge is 0.493 e. The van der Waals surface area contributed by atoms with Crippen LogP contribution in [0.25, 0.3) is 0 Å². The number of nitrogens with zero attached hydrogens (tertiary/aromatic N) is 1. The summed E-state index contributed by atoms with van der Waals surface area (Å²) in [5.74, 6) is -0.411. The van der Waals surface area contributed by atoms with E-state index in [1.54, 1.807) is 18.5 Å². The van der Waals surface area contributed by atoms with Crippen LogP contribution in [0.3, 0.4) is 0 Å². The fourth-order valence-electron chi connectivity index (χ4n) is 4.48. The SMILES string of the molecule is COc1cc([C@H](Cc2c(Cl)c[nH+]cc2Cl)OC(=O)[C@@H]2CCCN2Cc2ccccc2)ccc1OC(F)F. The second-order valence-corrected chi connectivity index (χ2v) is 9.48. The number of carbonyl (C=O) groups is 1. The van der Waals surface area contributed by atoms with E-state index in [0.29, 0.717) is 34.1 Å². The van der Waals surface area contributed by atoms with Crippen molar-refractivity contribution in [3.05, 3.63) is 87.7 Å². The summed E-state index contributed by atoms with van der Waals surface area (Å²) < 4.78 is 41.5. The highest BCUT2D eigenvalue weighted by Crippen LogP contribution is 2.36. The first-order chi connectivity index (χ1) is 17.9. The summed E-state index contributed by atoms with van der Waals surface area (Å²) in [5.41, 5.74) is 2.22. The van der Waals surface area contributed by atoms with Gasteiger partial charge < -0.3 is 14.2 Å². The van der Waals surface area contributed by atoms with Crippen molar-refractivity contribution in [2.75, 3.05) is 13.7 Å². The van der Waals surface area contributed by atoms with E-state index in [9.17, 15) is 13.6 Å². The number of halogens is 4. The molecule has 37 heavy (non-hydrogen) atoms. The average molecular weight is 552 g/mol. The Morgan fingerprint density at radius 1 is 1.11 bits per heavy atom. The summed E-state index contributed by atoms with van der Waals surface area (Å²) in [4.78, 5) is 18.4. The molecule has 0 amide bonds. The molecular formula is C27H27Cl2F2N2O4+. The topological polar surface area (TPSA) is 62.1 Å². The summed E-state index contributed by atoms with van der Waals surface area (Å²) >= 11 is 12.8. The molecule has 0 unspecified atom stereocenters. The van der Waals surface area contributed by atoms with E-state index in [1.807, 2.05) is 30.3 Å². The molecule has 2 heterocycles. The highest BCUT2D eigenvalue weighted by Gasteiger charge is 2.34. The average Bonchev–Trinajstić information content (AvgIpc) is 3.34. The lowest BCUT2D eigenvalue weighted by molar-refractivity contribution is -0.377. The third-order valence-corrected chi connectivity index (χ3v) is 6.96. The predicted molar refractivity (Wildman–Crippen MR) is 135 cm³/mol. The van der Waals surface area contributed by atoms with E-state index < -0.39 is 18.8 Å². The minimum atomic E-state index is -3.01. The van der Waals surface area contributed by atoms with Crippen LogP contribution >= 0.6 is 23.2 Å². The van der Waals surface area contributed by atoms with Gasteiger partial charge in [-0.05, 0) is 42.6 Å². The second-order valence-electron chi connectivity index (χ2n) is 8.66. The van der Waals surface area contributed by atoms with Gasteiger partial charge in [-0.25, -0.2) is 4.98 Å². The Labute approximate surface area is 224 Å². The third-order valence-electron chi connectivity index (χ3n) is 6.28. The monoisotopic (exact) mass is 551 g/mol. The maximum Gasteiger partial charge on any atom is 0.387 e. The van der Waals surface area contributed by atoms with Gasteiger partial charge in [0.15, 0.2) is 23.9 Å². The number of aromatic amines is 1. The first-order valence-corrected chi connectivity index (χ1v) is 12.6. The van der Waals surface area contributed by atoms with Gasteiger partial charge in [0.25, 0.3) is 0 Å². The molecule has 10 heteroatoms. The van der Waals surface area contributed by atoms with Crippen molar-refractivity contribution in [1.82, 2.24) is 4.90 Å². The zero-order chi connectivity index (χ0) is 26.4. The molecule has 1 fully saturated rings. The van der Waals surface area contributed by atoms with Gasteiger partial charge >= 0.3 is 12.6 Å². The van der Waals surface area contributed by atoms with E-state index in [0.717, 1.165) is 18.5 Å². The number of H-pyrrole nitrogens is 1. The van der Waals surface area contributed by atoms with Gasteiger partial charge in [-0.2, -0.15) is 8.78 Å². The smallest absolute Gasteiger partial charge is 0.387 e. The molecule has 1 aliphatic rings.